The highest BCUT2D eigenvalue weighted by Crippen LogP contribution is 2.37. The van der Waals surface area contributed by atoms with E-state index in [1.165, 1.54) is 71.9 Å². The smallest absolute Gasteiger partial charge is 0.429 e. The highest BCUT2D eigenvalue weighted by Gasteiger charge is 2.43. The fourth-order valence-corrected chi connectivity index (χ4v) is 5.00. The van der Waals surface area contributed by atoms with E-state index in [2.05, 4.69) is 20.1 Å². The molecule has 1 atom stereocenters. The van der Waals surface area contributed by atoms with Crippen LogP contribution in [0.15, 0.2) is 77.9 Å². The second kappa shape index (κ2) is 11.0. The van der Waals surface area contributed by atoms with E-state index in [1.807, 2.05) is 0 Å². The number of ether oxygens (including phenoxy) is 1. The van der Waals surface area contributed by atoms with Crippen LogP contribution in [0, 0.1) is 12.8 Å². The van der Waals surface area contributed by atoms with Gasteiger partial charge in [-0.2, -0.15) is 22.8 Å². The minimum atomic E-state index is -4.65. The molecule has 1 saturated heterocycles. The molecule has 2 aromatic carbocycles. The SMILES string of the molecule is Cc1nccnc1-c1nn2c(=O)cc(-c3ccc(O[C@@H](c4ccccc4)C(F)(F)F)cc3)[nH]c2c1C(=O)N1CC(CF)C1. The number of carbonyl (C=O) groups is 1. The summed E-state index contributed by atoms with van der Waals surface area (Å²) in [6.45, 7) is 1.59. The lowest BCUT2D eigenvalue weighted by atomic mass is 10.00. The maximum Gasteiger partial charge on any atom is 0.429 e. The lowest BCUT2D eigenvalue weighted by Crippen LogP contribution is -2.50. The molecular weight excluding hydrogens is 568 g/mol. The molecule has 3 aromatic heterocycles. The fraction of sp³-hybridized carbons (Fsp3) is 0.233. The molecule has 4 heterocycles. The highest BCUT2D eigenvalue weighted by atomic mass is 19.4. The average molecular weight is 593 g/mol. The number of benzene rings is 2. The topological polar surface area (TPSA) is 105 Å². The number of halogens is 4. The summed E-state index contributed by atoms with van der Waals surface area (Å²) in [5.41, 5.74) is 1.26. The van der Waals surface area contributed by atoms with Gasteiger partial charge in [-0.25, -0.2) is 0 Å². The number of aromatic amines is 1. The van der Waals surface area contributed by atoms with Crippen molar-refractivity contribution in [3.05, 3.63) is 100 Å². The van der Waals surface area contributed by atoms with E-state index < -0.39 is 30.4 Å². The van der Waals surface area contributed by atoms with Crippen LogP contribution in [-0.4, -0.2) is 61.3 Å². The molecule has 9 nitrogen and oxygen atoms in total. The molecule has 0 bridgehead atoms. The molecule has 220 valence electrons. The van der Waals surface area contributed by atoms with Gasteiger partial charge in [0.05, 0.1) is 18.1 Å². The Labute approximate surface area is 241 Å². The molecule has 1 amide bonds. The van der Waals surface area contributed by atoms with Gasteiger partial charge in [0, 0.05) is 43.0 Å². The highest BCUT2D eigenvalue weighted by molar-refractivity contribution is 6.06. The van der Waals surface area contributed by atoms with Gasteiger partial charge in [0.15, 0.2) is 5.65 Å². The van der Waals surface area contributed by atoms with E-state index in [0.717, 1.165) is 4.52 Å². The minimum Gasteiger partial charge on any atom is -0.476 e. The van der Waals surface area contributed by atoms with Crippen LogP contribution in [-0.2, 0) is 0 Å². The van der Waals surface area contributed by atoms with Crippen LogP contribution in [0.3, 0.4) is 0 Å². The molecule has 5 aromatic rings. The molecule has 0 radical (unpaired) electrons. The van der Waals surface area contributed by atoms with Crippen molar-refractivity contribution in [3.8, 4) is 28.4 Å². The molecular formula is C30H24F4N6O3. The molecule has 0 aliphatic carbocycles. The number of nitrogens with one attached hydrogen (secondary N) is 1. The van der Waals surface area contributed by atoms with Gasteiger partial charge >= 0.3 is 6.18 Å². The zero-order valence-corrected chi connectivity index (χ0v) is 22.7. The van der Waals surface area contributed by atoms with Crippen LogP contribution in [0.25, 0.3) is 28.3 Å². The lowest BCUT2D eigenvalue weighted by Gasteiger charge is -2.37. The Morgan fingerprint density at radius 1 is 1.05 bits per heavy atom. The summed E-state index contributed by atoms with van der Waals surface area (Å²) < 4.78 is 60.8. The molecule has 6 rings (SSSR count). The fourth-order valence-electron chi connectivity index (χ4n) is 5.00. The molecule has 43 heavy (non-hydrogen) atoms. The van der Waals surface area contributed by atoms with Crippen molar-refractivity contribution in [2.24, 2.45) is 5.92 Å². The molecule has 13 heteroatoms. The van der Waals surface area contributed by atoms with Gasteiger partial charge in [-0.3, -0.25) is 23.9 Å². The van der Waals surface area contributed by atoms with Gasteiger partial charge in [-0.05, 0) is 36.8 Å². The molecule has 1 aliphatic heterocycles. The van der Waals surface area contributed by atoms with Crippen molar-refractivity contribution in [2.45, 2.75) is 19.2 Å². The monoisotopic (exact) mass is 592 g/mol. The van der Waals surface area contributed by atoms with Gasteiger partial charge in [0.1, 0.15) is 22.7 Å². The molecule has 0 spiro atoms. The van der Waals surface area contributed by atoms with Crippen LogP contribution >= 0.6 is 0 Å². The number of hydrogen-bond acceptors (Lipinski definition) is 6. The lowest BCUT2D eigenvalue weighted by molar-refractivity contribution is -0.198. The summed E-state index contributed by atoms with van der Waals surface area (Å²) in [5.74, 6) is -0.740. The summed E-state index contributed by atoms with van der Waals surface area (Å²) in [6, 6.07) is 14.3. The number of hydrogen-bond donors (Lipinski definition) is 1. The van der Waals surface area contributed by atoms with Crippen molar-refractivity contribution in [3.63, 3.8) is 0 Å². The van der Waals surface area contributed by atoms with Crippen molar-refractivity contribution in [1.29, 1.82) is 0 Å². The predicted octanol–water partition coefficient (Wildman–Crippen LogP) is 5.18. The first-order valence-electron chi connectivity index (χ1n) is 13.3. The number of H-pyrrole nitrogens is 1. The zero-order valence-electron chi connectivity index (χ0n) is 22.7. The van der Waals surface area contributed by atoms with E-state index >= 15 is 0 Å². The van der Waals surface area contributed by atoms with Gasteiger partial charge in [0.25, 0.3) is 11.5 Å². The van der Waals surface area contributed by atoms with E-state index in [-0.39, 0.29) is 47.2 Å². The second-order valence-electron chi connectivity index (χ2n) is 10.2. The van der Waals surface area contributed by atoms with Crippen LogP contribution < -0.4 is 10.3 Å². The van der Waals surface area contributed by atoms with Crippen molar-refractivity contribution in [1.82, 2.24) is 29.5 Å². The Hall–Kier alpha value is -5.07. The van der Waals surface area contributed by atoms with E-state index in [1.54, 1.807) is 13.0 Å². The number of carbonyl (C=O) groups excluding carboxylic acids is 1. The Morgan fingerprint density at radius 2 is 1.74 bits per heavy atom. The molecule has 1 fully saturated rings. The van der Waals surface area contributed by atoms with Gasteiger partial charge in [-0.15, -0.1) is 0 Å². The number of aryl methyl sites for hydroxylation is 1. The van der Waals surface area contributed by atoms with Gasteiger partial charge in [-0.1, -0.05) is 30.3 Å². The largest absolute Gasteiger partial charge is 0.476 e. The summed E-state index contributed by atoms with van der Waals surface area (Å²) in [4.78, 5) is 40.0. The van der Waals surface area contributed by atoms with Crippen molar-refractivity contribution < 1.29 is 27.1 Å². The summed E-state index contributed by atoms with van der Waals surface area (Å²) in [6.07, 6.45) is -3.88. The van der Waals surface area contributed by atoms with Crippen LogP contribution in [0.1, 0.15) is 27.7 Å². The first kappa shape index (κ1) is 28.1. The molecule has 1 N–H and O–H groups in total. The normalized spacial score (nSPS) is 14.5. The van der Waals surface area contributed by atoms with E-state index in [9.17, 15) is 27.2 Å². The Morgan fingerprint density at radius 3 is 2.40 bits per heavy atom. The quantitative estimate of drug-likeness (QED) is 0.261. The standard InChI is InChI=1S/C30H24F4N6O3/c1-17-25(36-12-11-35-17)26-24(29(42)39-15-18(14-31)16-39)28-37-22(13-23(41)40(28)38-26)19-7-9-21(10-8-19)43-27(30(32,33)34)20-5-3-2-4-6-20/h2-13,18,27,37H,14-16H2,1H3/t27-/m0/s1. The third kappa shape index (κ3) is 5.33. The van der Waals surface area contributed by atoms with Gasteiger partial charge < -0.3 is 14.6 Å². The van der Waals surface area contributed by atoms with E-state index in [4.69, 9.17) is 4.74 Å². The van der Waals surface area contributed by atoms with Crippen LogP contribution in [0.5, 0.6) is 5.75 Å². The maximum atomic E-state index is 13.8. The van der Waals surface area contributed by atoms with Crippen molar-refractivity contribution in [2.75, 3.05) is 19.8 Å². The Bertz CT molecular complexity index is 1850. The second-order valence-corrected chi connectivity index (χ2v) is 10.2. The van der Waals surface area contributed by atoms with Crippen LogP contribution in [0.2, 0.25) is 0 Å². The number of aromatic nitrogens is 5. The number of fused-ring (bicyclic) bond motifs is 1. The number of rotatable bonds is 7. The third-order valence-corrected chi connectivity index (χ3v) is 7.22. The number of alkyl halides is 4. The summed E-state index contributed by atoms with van der Waals surface area (Å²) in [7, 11) is 0. The van der Waals surface area contributed by atoms with Gasteiger partial charge in [0.2, 0.25) is 6.10 Å². The minimum absolute atomic E-state index is 0.0285. The number of amides is 1. The summed E-state index contributed by atoms with van der Waals surface area (Å²) in [5, 5.41) is 4.40. The van der Waals surface area contributed by atoms with Crippen molar-refractivity contribution >= 4 is 11.6 Å². The molecule has 0 unspecified atom stereocenters. The molecule has 0 saturated carbocycles. The summed E-state index contributed by atoms with van der Waals surface area (Å²) >= 11 is 0. The zero-order chi connectivity index (χ0) is 30.3. The predicted molar refractivity (Wildman–Crippen MR) is 148 cm³/mol. The maximum absolute atomic E-state index is 13.8. The van der Waals surface area contributed by atoms with Crippen LogP contribution in [0.4, 0.5) is 17.6 Å². The average Bonchev–Trinajstić information content (AvgIpc) is 3.35. The number of likely N-dealkylation sites (tertiary alicyclic amines) is 1. The van der Waals surface area contributed by atoms with E-state index in [0.29, 0.717) is 22.6 Å². The molecule has 1 aliphatic rings. The number of nitrogens with zero attached hydrogens (tertiary/aromatic N) is 5. The Kier molecular flexibility index (Phi) is 7.16. The first-order valence-corrected chi connectivity index (χ1v) is 13.3. The third-order valence-electron chi connectivity index (χ3n) is 7.22. The first-order chi connectivity index (χ1) is 20.6. The Balaban J connectivity index is 1.39.